The lowest BCUT2D eigenvalue weighted by Crippen LogP contribution is -2.40. The Bertz CT molecular complexity index is 2400. The number of azide groups is 1. The predicted octanol–water partition coefficient (Wildman–Crippen LogP) is 12.9. The minimum atomic E-state index is -3.35. The van der Waals surface area contributed by atoms with Crippen LogP contribution in [0.25, 0.3) is 10.4 Å². The average Bonchev–Trinajstić information content (AvgIpc) is 3.41. The van der Waals surface area contributed by atoms with Crippen LogP contribution in [0.5, 0.6) is 34.5 Å². The molecule has 2 aliphatic heterocycles. The van der Waals surface area contributed by atoms with Crippen LogP contribution in [0.15, 0.2) is 90.0 Å². The normalized spacial score (nSPS) is 18.8. The van der Waals surface area contributed by atoms with E-state index < -0.39 is 10.1 Å². The van der Waals surface area contributed by atoms with Crippen LogP contribution in [0.4, 0.5) is 0 Å². The molecule has 16 nitrogen and oxygen atoms in total. The summed E-state index contributed by atoms with van der Waals surface area (Å²) >= 11 is 0. The maximum absolute atomic E-state index is 11.1. The Morgan fingerprint density at radius 3 is 1.30 bits per heavy atom. The van der Waals surface area contributed by atoms with E-state index in [4.69, 9.17) is 57.1 Å². The Balaban J connectivity index is 0.000000274. The molecule has 0 bridgehead atoms. The van der Waals surface area contributed by atoms with Crippen LogP contribution in [0.1, 0.15) is 138 Å². The van der Waals surface area contributed by atoms with Crippen LogP contribution in [-0.2, 0) is 44.1 Å². The van der Waals surface area contributed by atoms with Gasteiger partial charge < -0.3 is 47.4 Å². The number of methoxy groups -OCH3 is 4. The largest absolute Gasteiger partial charge is 0.492 e. The van der Waals surface area contributed by atoms with Crippen molar-refractivity contribution in [2.75, 3.05) is 88.2 Å². The first kappa shape index (κ1) is 59.6. The molecule has 2 aliphatic rings. The van der Waals surface area contributed by atoms with E-state index in [0.29, 0.717) is 25.7 Å². The van der Waals surface area contributed by atoms with Crippen LogP contribution >= 0.6 is 0 Å². The number of rotatable bonds is 33. The highest BCUT2D eigenvalue weighted by molar-refractivity contribution is 7.85. The fraction of sp³-hybridized carbons (Fsp3) is 0.579. The molecular weight excluding hydrogens is 967 g/mol. The lowest BCUT2D eigenvalue weighted by Gasteiger charge is -2.43. The van der Waals surface area contributed by atoms with Crippen molar-refractivity contribution in [1.29, 1.82) is 0 Å². The van der Waals surface area contributed by atoms with E-state index in [9.17, 15) is 8.42 Å². The number of fused-ring (bicyclic) bond motifs is 2. The van der Waals surface area contributed by atoms with Gasteiger partial charge in [-0.1, -0.05) is 120 Å². The molecule has 0 radical (unpaired) electrons. The van der Waals surface area contributed by atoms with Crippen molar-refractivity contribution >= 4 is 10.1 Å². The molecule has 0 aliphatic carbocycles. The van der Waals surface area contributed by atoms with Gasteiger partial charge in [0.05, 0.1) is 26.1 Å². The van der Waals surface area contributed by atoms with Crippen LogP contribution < -0.4 is 28.4 Å². The smallest absolute Gasteiger partial charge is 0.264 e. The van der Waals surface area contributed by atoms with Gasteiger partial charge in [-0.3, -0.25) is 4.18 Å². The molecule has 0 amide bonds. The first-order valence-electron chi connectivity index (χ1n) is 26.0. The predicted molar refractivity (Wildman–Crippen MR) is 286 cm³/mol. The van der Waals surface area contributed by atoms with Gasteiger partial charge in [0, 0.05) is 74.7 Å². The van der Waals surface area contributed by atoms with Gasteiger partial charge in [-0.2, -0.15) is 8.42 Å². The van der Waals surface area contributed by atoms with Crippen molar-refractivity contribution in [2.45, 2.75) is 126 Å². The Labute approximate surface area is 440 Å². The van der Waals surface area contributed by atoms with E-state index in [-0.39, 0.29) is 50.5 Å². The number of nitrogens with zero attached hydrogens (tertiary/aromatic N) is 3. The highest BCUT2D eigenvalue weighted by Gasteiger charge is 2.43. The Morgan fingerprint density at radius 2 is 0.905 bits per heavy atom. The minimum absolute atomic E-state index is 0.170. The molecule has 0 fully saturated rings. The number of unbranched alkanes of at least 4 members (excludes halogenated alkanes) is 10. The maximum Gasteiger partial charge on any atom is 0.264 e. The average molecular weight is 1050 g/mol. The summed E-state index contributed by atoms with van der Waals surface area (Å²) in [5, 5.41) is 3.61. The van der Waals surface area contributed by atoms with Gasteiger partial charge in [-0.05, 0) is 89.9 Å². The van der Waals surface area contributed by atoms with Gasteiger partial charge in [0.15, 0.2) is 27.2 Å². The first-order valence-corrected chi connectivity index (χ1v) is 27.8. The summed E-state index contributed by atoms with van der Waals surface area (Å²) in [6.45, 7) is 7.45. The van der Waals surface area contributed by atoms with E-state index in [1.165, 1.54) is 41.5 Å². The third-order valence-electron chi connectivity index (χ3n) is 14.0. The monoisotopic (exact) mass is 1050 g/mol. The first-order chi connectivity index (χ1) is 35.9. The second-order valence-electron chi connectivity index (χ2n) is 19.5. The van der Waals surface area contributed by atoms with Crippen LogP contribution in [-0.4, -0.2) is 96.6 Å². The van der Waals surface area contributed by atoms with Crippen LogP contribution in [0.3, 0.4) is 0 Å². The molecule has 0 aromatic heterocycles. The van der Waals surface area contributed by atoms with Gasteiger partial charge in [0.2, 0.25) is 0 Å². The zero-order valence-corrected chi connectivity index (χ0v) is 45.7. The topological polar surface area (TPSA) is 184 Å². The second-order valence-corrected chi connectivity index (χ2v) is 21.1. The molecular formula is C57H81N3O13S. The Kier molecular flexibility index (Phi) is 25.4. The third-order valence-corrected chi connectivity index (χ3v) is 14.6. The molecule has 6 rings (SSSR count). The lowest BCUT2D eigenvalue weighted by molar-refractivity contribution is 0.0504. The molecule has 4 atom stereocenters. The third kappa shape index (κ3) is 18.5. The molecule has 0 saturated heterocycles. The van der Waals surface area contributed by atoms with E-state index in [1.54, 1.807) is 28.4 Å². The molecule has 408 valence electrons. The zero-order valence-electron chi connectivity index (χ0n) is 44.9. The SMILES string of the molecule is COCOc1ccc([C@@]2(C)COc3cc(OCOC)ccc3[C@H]2CCCCCCCCN=[N+]=[N-])cc1.COCOc1ccc([C@@]2(C)COc3cc(OCOC)ccc3[C@H]2CCCCCCCCOS(C)(=O)=O)cc1. The van der Waals surface area contributed by atoms with Crippen molar-refractivity contribution in [1.82, 2.24) is 0 Å². The molecule has 4 aromatic carbocycles. The van der Waals surface area contributed by atoms with Crippen molar-refractivity contribution in [3.63, 3.8) is 0 Å². The Hall–Kier alpha value is -5.26. The molecule has 17 heteroatoms. The summed E-state index contributed by atoms with van der Waals surface area (Å²) in [5.41, 5.74) is 12.9. The van der Waals surface area contributed by atoms with Crippen molar-refractivity contribution in [2.24, 2.45) is 5.11 Å². The van der Waals surface area contributed by atoms with E-state index in [2.05, 4.69) is 60.3 Å². The Morgan fingerprint density at radius 1 is 0.541 bits per heavy atom. The summed E-state index contributed by atoms with van der Waals surface area (Å²) in [6, 6.07) is 28.7. The quantitative estimate of drug-likeness (QED) is 0.0110. The van der Waals surface area contributed by atoms with Crippen molar-refractivity contribution in [3.8, 4) is 34.5 Å². The van der Waals surface area contributed by atoms with Crippen LogP contribution in [0.2, 0.25) is 0 Å². The molecule has 0 unspecified atom stereocenters. The van der Waals surface area contributed by atoms with Gasteiger partial charge in [-0.15, -0.1) is 0 Å². The van der Waals surface area contributed by atoms with E-state index in [0.717, 1.165) is 111 Å². The fourth-order valence-electron chi connectivity index (χ4n) is 9.92. The summed E-state index contributed by atoms with van der Waals surface area (Å²) in [5.74, 6) is 5.39. The summed E-state index contributed by atoms with van der Waals surface area (Å²) in [6.07, 6.45) is 16.1. The molecule has 0 N–H and O–H groups in total. The molecule has 0 saturated carbocycles. The summed E-state index contributed by atoms with van der Waals surface area (Å²) in [7, 11) is 3.09. The van der Waals surface area contributed by atoms with E-state index in [1.807, 2.05) is 48.5 Å². The van der Waals surface area contributed by atoms with Crippen molar-refractivity contribution in [3.05, 3.63) is 118 Å². The molecule has 74 heavy (non-hydrogen) atoms. The van der Waals surface area contributed by atoms with Gasteiger partial charge in [-0.25, -0.2) is 0 Å². The minimum Gasteiger partial charge on any atom is -0.492 e. The number of hydrogen-bond acceptors (Lipinski definition) is 14. The highest BCUT2D eigenvalue weighted by atomic mass is 32.2. The zero-order chi connectivity index (χ0) is 53.1. The second kappa shape index (κ2) is 31.6. The van der Waals surface area contributed by atoms with Gasteiger partial charge >= 0.3 is 0 Å². The van der Waals surface area contributed by atoms with Crippen LogP contribution in [0, 0.1) is 0 Å². The van der Waals surface area contributed by atoms with Crippen molar-refractivity contribution < 1.29 is 60.0 Å². The maximum atomic E-state index is 11.1. The number of hydrogen-bond donors (Lipinski definition) is 0. The lowest BCUT2D eigenvalue weighted by atomic mass is 9.66. The van der Waals surface area contributed by atoms with E-state index >= 15 is 0 Å². The molecule has 2 heterocycles. The van der Waals surface area contributed by atoms with Gasteiger partial charge in [0.1, 0.15) is 34.5 Å². The number of ether oxygens (including phenoxy) is 10. The summed E-state index contributed by atoms with van der Waals surface area (Å²) in [4.78, 5) is 2.82. The molecule has 4 aromatic rings. The molecule has 0 spiro atoms. The van der Waals surface area contributed by atoms with Gasteiger partial charge in [0.25, 0.3) is 10.1 Å². The highest BCUT2D eigenvalue weighted by Crippen LogP contribution is 2.51. The summed E-state index contributed by atoms with van der Waals surface area (Å²) < 4.78 is 82.2. The standard InChI is InChI=1S/C29H42O8S.C28H39N3O5/c1-29(23-12-14-24(15-13-23)35-21-32-2)20-34-28-19-25(36-22-33-3)16-17-26(28)27(29)11-9-7-5-6-8-10-18-37-38(4,30)31;1-28(22-11-13-23(14-12-22)35-20-32-2)19-34-27-18-24(36-21-33-3)15-16-25(27)26(28)10-8-6-4-5-7-9-17-30-31-29/h12-17,19,27H,5-11,18,20-22H2,1-4H3;11-16,18,26H,4-10,17,19-21H2,1-3H3/t27-,29-;26-,28-/m11/s1. The number of benzene rings is 4. The fourth-order valence-corrected chi connectivity index (χ4v) is 10.3.